The van der Waals surface area contributed by atoms with E-state index in [1.54, 1.807) is 6.21 Å². The van der Waals surface area contributed by atoms with E-state index in [-0.39, 0.29) is 24.1 Å². The van der Waals surface area contributed by atoms with Gasteiger partial charge in [-0.15, -0.1) is 0 Å². The van der Waals surface area contributed by atoms with E-state index in [1.807, 2.05) is 12.2 Å². The van der Waals surface area contributed by atoms with Crippen LogP contribution in [0.3, 0.4) is 0 Å². The predicted octanol–water partition coefficient (Wildman–Crippen LogP) is -0.429. The molecule has 1 fully saturated rings. The Balaban J connectivity index is 1.82. The zero-order valence-corrected chi connectivity index (χ0v) is 10.3. The van der Waals surface area contributed by atoms with Crippen molar-refractivity contribution in [3.05, 3.63) is 23.3 Å². The molecule has 1 N–H and O–H groups in total. The maximum Gasteiger partial charge on any atom is 0.256 e. The highest BCUT2D eigenvalue weighted by Crippen LogP contribution is 2.25. The van der Waals surface area contributed by atoms with E-state index in [0.29, 0.717) is 25.1 Å². The highest BCUT2D eigenvalue weighted by Gasteiger charge is 2.39. The van der Waals surface area contributed by atoms with E-state index in [4.69, 9.17) is 0 Å². The Morgan fingerprint density at radius 3 is 2.95 bits per heavy atom. The normalized spacial score (nSPS) is 26.6. The Morgan fingerprint density at radius 1 is 1.32 bits per heavy atom. The number of carbonyl (C=O) groups is 3. The van der Waals surface area contributed by atoms with Crippen molar-refractivity contribution in [1.29, 1.82) is 0 Å². The molecule has 3 rings (SSSR count). The molecule has 0 saturated carbocycles. The summed E-state index contributed by atoms with van der Waals surface area (Å²) in [4.78, 5) is 40.9. The molecule has 0 aromatic carbocycles. The molecule has 3 amide bonds. The second kappa shape index (κ2) is 4.46. The van der Waals surface area contributed by atoms with Gasteiger partial charge in [0.15, 0.2) is 0 Å². The van der Waals surface area contributed by atoms with Gasteiger partial charge in [-0.3, -0.25) is 24.7 Å². The van der Waals surface area contributed by atoms with Crippen molar-refractivity contribution in [3.8, 4) is 0 Å². The van der Waals surface area contributed by atoms with Crippen molar-refractivity contribution < 1.29 is 14.4 Å². The first-order chi connectivity index (χ1) is 9.16. The highest BCUT2D eigenvalue weighted by atomic mass is 16.2. The first-order valence-corrected chi connectivity index (χ1v) is 6.21. The van der Waals surface area contributed by atoms with Crippen molar-refractivity contribution in [3.63, 3.8) is 0 Å². The van der Waals surface area contributed by atoms with Gasteiger partial charge in [-0.2, -0.15) is 0 Å². The second-order valence-corrected chi connectivity index (χ2v) is 4.74. The van der Waals surface area contributed by atoms with Crippen LogP contribution in [0.4, 0.5) is 0 Å². The van der Waals surface area contributed by atoms with Crippen LogP contribution in [-0.2, 0) is 14.4 Å². The summed E-state index contributed by atoms with van der Waals surface area (Å²) in [5, 5.41) is 2.28. The Bertz CT molecular complexity index is 559. The van der Waals surface area contributed by atoms with Crippen LogP contribution in [0, 0.1) is 0 Å². The third-order valence-electron chi connectivity index (χ3n) is 3.51. The molecular weight excluding hydrogens is 246 g/mol. The molecule has 19 heavy (non-hydrogen) atoms. The van der Waals surface area contributed by atoms with Crippen LogP contribution in [0.25, 0.3) is 0 Å². The first-order valence-electron chi connectivity index (χ1n) is 6.21. The molecule has 98 valence electrons. The van der Waals surface area contributed by atoms with Crippen molar-refractivity contribution in [2.24, 2.45) is 4.99 Å². The molecule has 1 saturated heterocycles. The Labute approximate surface area is 109 Å². The van der Waals surface area contributed by atoms with Gasteiger partial charge >= 0.3 is 0 Å². The summed E-state index contributed by atoms with van der Waals surface area (Å²) < 4.78 is 0. The molecular formula is C13H13N3O3. The molecule has 0 spiro atoms. The quantitative estimate of drug-likeness (QED) is 0.649. The number of aliphatic imine (C=N–C) groups is 1. The average molecular weight is 259 g/mol. The maximum absolute atomic E-state index is 12.3. The van der Waals surface area contributed by atoms with Gasteiger partial charge in [0.1, 0.15) is 6.04 Å². The Hall–Kier alpha value is -2.24. The number of amides is 3. The van der Waals surface area contributed by atoms with E-state index >= 15 is 0 Å². The van der Waals surface area contributed by atoms with Crippen LogP contribution in [0.1, 0.15) is 12.8 Å². The summed E-state index contributed by atoms with van der Waals surface area (Å²) in [6.45, 7) is 0.974. The summed E-state index contributed by atoms with van der Waals surface area (Å²) in [6.07, 6.45) is 6.00. The topological polar surface area (TPSA) is 78.8 Å². The molecule has 3 aliphatic rings. The van der Waals surface area contributed by atoms with Crippen LogP contribution in [0.2, 0.25) is 0 Å². The van der Waals surface area contributed by atoms with E-state index in [1.165, 1.54) is 4.90 Å². The lowest BCUT2D eigenvalue weighted by atomic mass is 10.0. The molecule has 0 aromatic rings. The fraction of sp³-hybridized carbons (Fsp3) is 0.385. The summed E-state index contributed by atoms with van der Waals surface area (Å²) in [7, 11) is 0. The number of nitrogens with one attached hydrogen (secondary N) is 1. The van der Waals surface area contributed by atoms with Gasteiger partial charge in [0.2, 0.25) is 11.8 Å². The molecule has 1 atom stereocenters. The Morgan fingerprint density at radius 2 is 2.16 bits per heavy atom. The Kier molecular flexibility index (Phi) is 2.77. The van der Waals surface area contributed by atoms with Crippen LogP contribution < -0.4 is 5.32 Å². The van der Waals surface area contributed by atoms with E-state index in [0.717, 1.165) is 5.57 Å². The van der Waals surface area contributed by atoms with Crippen molar-refractivity contribution in [2.75, 3.05) is 13.1 Å². The smallest absolute Gasteiger partial charge is 0.256 e. The fourth-order valence-corrected chi connectivity index (χ4v) is 2.54. The van der Waals surface area contributed by atoms with Crippen LogP contribution >= 0.6 is 0 Å². The van der Waals surface area contributed by atoms with E-state index in [2.05, 4.69) is 10.3 Å². The van der Waals surface area contributed by atoms with Crippen molar-refractivity contribution >= 4 is 23.9 Å². The third kappa shape index (κ3) is 1.99. The zero-order valence-electron chi connectivity index (χ0n) is 10.3. The number of rotatable bonds is 1. The maximum atomic E-state index is 12.3. The van der Waals surface area contributed by atoms with Gasteiger partial charge in [-0.25, -0.2) is 0 Å². The summed E-state index contributed by atoms with van der Waals surface area (Å²) in [5.41, 5.74) is 1.44. The summed E-state index contributed by atoms with van der Waals surface area (Å²) in [6, 6.07) is -0.557. The summed E-state index contributed by atoms with van der Waals surface area (Å²) in [5.74, 6) is -0.841. The molecule has 3 aliphatic heterocycles. The van der Waals surface area contributed by atoms with Gasteiger partial charge in [0.05, 0.1) is 12.1 Å². The number of carbonyl (C=O) groups excluding carboxylic acids is 3. The van der Waals surface area contributed by atoms with Crippen LogP contribution in [-0.4, -0.2) is 48.0 Å². The molecule has 1 unspecified atom stereocenters. The predicted molar refractivity (Wildman–Crippen MR) is 67.4 cm³/mol. The largest absolute Gasteiger partial charge is 0.322 e. The summed E-state index contributed by atoms with van der Waals surface area (Å²) >= 11 is 0. The SMILES string of the molecule is O=C1CCC(N2CC3=C(C=NCC=C3)C2=O)C(=O)N1. The van der Waals surface area contributed by atoms with Crippen molar-refractivity contribution in [2.45, 2.75) is 18.9 Å². The number of nitrogens with zero attached hydrogens (tertiary/aromatic N) is 2. The van der Waals surface area contributed by atoms with Gasteiger partial charge in [0.25, 0.3) is 5.91 Å². The molecule has 6 heteroatoms. The zero-order chi connectivity index (χ0) is 13.4. The lowest BCUT2D eigenvalue weighted by Crippen LogP contribution is -2.53. The minimum Gasteiger partial charge on any atom is -0.322 e. The van der Waals surface area contributed by atoms with Gasteiger partial charge < -0.3 is 4.90 Å². The van der Waals surface area contributed by atoms with Gasteiger partial charge in [-0.05, 0) is 12.0 Å². The van der Waals surface area contributed by atoms with Crippen LogP contribution in [0.15, 0.2) is 28.3 Å². The standard InChI is InChI=1S/C13H13N3O3/c17-11-4-3-10(12(18)15-11)16-7-8-2-1-5-14-6-9(8)13(16)19/h1-2,6,10H,3-5,7H2,(H,15,17,18). The van der Waals surface area contributed by atoms with Crippen molar-refractivity contribution in [1.82, 2.24) is 10.2 Å². The fourth-order valence-electron chi connectivity index (χ4n) is 2.54. The molecule has 0 aliphatic carbocycles. The molecule has 6 nitrogen and oxygen atoms in total. The number of hydrogen-bond acceptors (Lipinski definition) is 4. The van der Waals surface area contributed by atoms with Gasteiger partial charge in [-0.1, -0.05) is 12.2 Å². The van der Waals surface area contributed by atoms with Gasteiger partial charge in [0, 0.05) is 19.2 Å². The molecule has 3 heterocycles. The molecule has 0 bridgehead atoms. The number of piperidine rings is 1. The minimum atomic E-state index is -0.557. The average Bonchev–Trinajstić information content (AvgIpc) is 2.57. The lowest BCUT2D eigenvalue weighted by Gasteiger charge is -2.29. The van der Waals surface area contributed by atoms with E-state index < -0.39 is 6.04 Å². The molecule has 0 aromatic heterocycles. The minimum absolute atomic E-state index is 0.181. The van der Waals surface area contributed by atoms with E-state index in [9.17, 15) is 14.4 Å². The molecule has 0 radical (unpaired) electrons. The third-order valence-corrected chi connectivity index (χ3v) is 3.51. The monoisotopic (exact) mass is 259 g/mol. The lowest BCUT2D eigenvalue weighted by molar-refractivity contribution is -0.142. The van der Waals surface area contributed by atoms with Crippen LogP contribution in [0.5, 0.6) is 0 Å². The number of hydrogen-bond donors (Lipinski definition) is 1. The highest BCUT2D eigenvalue weighted by molar-refractivity contribution is 6.16. The second-order valence-electron chi connectivity index (χ2n) is 4.74. The number of imide groups is 1. The first kappa shape index (κ1) is 11.8.